The lowest BCUT2D eigenvalue weighted by Gasteiger charge is -2.01. The zero-order valence-electron chi connectivity index (χ0n) is 7.26. The molecule has 0 amide bonds. The molecule has 14 heavy (non-hydrogen) atoms. The van der Waals surface area contributed by atoms with Gasteiger partial charge in [-0.25, -0.2) is 9.37 Å². The minimum absolute atomic E-state index is 0.0584. The second-order valence-corrected chi connectivity index (χ2v) is 2.92. The van der Waals surface area contributed by atoms with Crippen LogP contribution < -0.4 is 0 Å². The summed E-state index contributed by atoms with van der Waals surface area (Å²) in [6.07, 6.45) is 2.06. The molecule has 0 aliphatic carbocycles. The Bertz CT molecular complexity index is 476. The number of alkyl halides is 2. The summed E-state index contributed by atoms with van der Waals surface area (Å²) in [4.78, 5) is 3.48. The lowest BCUT2D eigenvalue weighted by Crippen LogP contribution is -1.96. The van der Waals surface area contributed by atoms with E-state index in [1.165, 1.54) is 12.1 Å². The number of fused-ring (bicyclic) bond motifs is 1. The third-order valence-electron chi connectivity index (χ3n) is 2.01. The predicted octanol–water partition coefficient (Wildman–Crippen LogP) is 2.68. The van der Waals surface area contributed by atoms with E-state index in [2.05, 4.69) is 11.3 Å². The number of imidazole rings is 1. The zero-order valence-corrected chi connectivity index (χ0v) is 7.26. The summed E-state index contributed by atoms with van der Waals surface area (Å²) < 4.78 is 38.5. The highest BCUT2D eigenvalue weighted by molar-refractivity contribution is 5.76. The molecule has 0 fully saturated rings. The molecule has 73 valence electrons. The van der Waals surface area contributed by atoms with Gasteiger partial charge in [0.25, 0.3) is 0 Å². The molecule has 2 aromatic rings. The van der Waals surface area contributed by atoms with Gasteiger partial charge in [0.2, 0.25) is 0 Å². The van der Waals surface area contributed by atoms with E-state index in [0.29, 0.717) is 10.1 Å². The number of rotatable bonds is 1. The minimum Gasteiger partial charge on any atom is -0.263 e. The quantitative estimate of drug-likeness (QED) is 0.690. The highest BCUT2D eigenvalue weighted by Gasteiger charge is 2.14. The summed E-state index contributed by atoms with van der Waals surface area (Å²) in [5, 5.41) is 0. The first kappa shape index (κ1) is 9.05. The fourth-order valence-corrected chi connectivity index (χ4v) is 1.26. The zero-order chi connectivity index (χ0) is 10.3. The van der Waals surface area contributed by atoms with Crippen LogP contribution in [0.5, 0.6) is 0 Å². The van der Waals surface area contributed by atoms with E-state index in [0.717, 1.165) is 0 Å². The summed E-state index contributed by atoms with van der Waals surface area (Å²) in [6.45, 7) is -1.20. The lowest BCUT2D eigenvalue weighted by atomic mass is 10.2. The van der Waals surface area contributed by atoms with Crippen LogP contribution in [-0.2, 0) is 0 Å². The molecule has 0 aliphatic heterocycles. The Balaban J connectivity index is 2.77. The smallest absolute Gasteiger partial charge is 0.263 e. The molecule has 1 radical (unpaired) electrons. The molecule has 0 aliphatic rings. The maximum atomic E-state index is 13.3. The van der Waals surface area contributed by atoms with Crippen LogP contribution >= 0.6 is 0 Å². The number of hydrogen-bond donors (Lipinski definition) is 0. The molecular formula is C9H6F3N2. The van der Waals surface area contributed by atoms with E-state index in [4.69, 9.17) is 0 Å². The number of halogens is 3. The first-order valence-corrected chi connectivity index (χ1v) is 3.94. The van der Waals surface area contributed by atoms with E-state index in [1.807, 2.05) is 0 Å². The van der Waals surface area contributed by atoms with Crippen molar-refractivity contribution in [2.24, 2.45) is 0 Å². The number of benzene rings is 1. The van der Waals surface area contributed by atoms with Gasteiger partial charge in [0, 0.05) is 0 Å². The Morgan fingerprint density at radius 2 is 2.14 bits per heavy atom. The van der Waals surface area contributed by atoms with Crippen molar-refractivity contribution in [1.82, 2.24) is 9.55 Å². The van der Waals surface area contributed by atoms with Crippen molar-refractivity contribution in [3.05, 3.63) is 29.8 Å². The van der Waals surface area contributed by atoms with Crippen molar-refractivity contribution in [1.29, 1.82) is 0 Å². The Kier molecular flexibility index (Phi) is 1.94. The lowest BCUT2D eigenvalue weighted by molar-refractivity contribution is 0.0737. The molecule has 0 N–H and O–H groups in total. The second-order valence-electron chi connectivity index (χ2n) is 2.92. The van der Waals surface area contributed by atoms with E-state index in [9.17, 15) is 13.2 Å². The summed E-state index contributed by atoms with van der Waals surface area (Å²) in [6, 6.07) is 2.84. The molecule has 2 rings (SSSR count). The van der Waals surface area contributed by atoms with Crippen LogP contribution in [0.3, 0.4) is 0 Å². The van der Waals surface area contributed by atoms with E-state index < -0.39 is 12.4 Å². The maximum absolute atomic E-state index is 13.3. The Labute approximate surface area is 78.0 Å². The summed E-state index contributed by atoms with van der Waals surface area (Å²) >= 11 is 0. The van der Waals surface area contributed by atoms with Crippen molar-refractivity contribution in [2.45, 2.75) is 13.5 Å². The average molecular weight is 199 g/mol. The van der Waals surface area contributed by atoms with Crippen molar-refractivity contribution >= 4 is 11.0 Å². The van der Waals surface area contributed by atoms with Gasteiger partial charge in [0.15, 0.2) is 12.1 Å². The average Bonchev–Trinajstić information content (AvgIpc) is 2.55. The molecule has 0 atom stereocenters. The third-order valence-corrected chi connectivity index (χ3v) is 2.01. The Morgan fingerprint density at radius 1 is 1.43 bits per heavy atom. The fraction of sp³-hybridized carbons (Fsp3) is 0.222. The molecular weight excluding hydrogens is 193 g/mol. The van der Waals surface area contributed by atoms with Gasteiger partial charge >= 0.3 is 6.55 Å². The third kappa shape index (κ3) is 1.16. The van der Waals surface area contributed by atoms with Crippen LogP contribution in [0, 0.1) is 19.1 Å². The van der Waals surface area contributed by atoms with Gasteiger partial charge in [-0.1, -0.05) is 6.07 Å². The largest absolute Gasteiger partial charge is 0.320 e. The minimum atomic E-state index is -2.75. The van der Waals surface area contributed by atoms with Gasteiger partial charge in [0.05, 0.1) is 5.52 Å². The van der Waals surface area contributed by atoms with Gasteiger partial charge < -0.3 is 0 Å². The molecule has 0 unspecified atom stereocenters. The topological polar surface area (TPSA) is 17.8 Å². The van der Waals surface area contributed by atoms with E-state index in [1.54, 1.807) is 6.92 Å². The van der Waals surface area contributed by atoms with Crippen LogP contribution in [-0.4, -0.2) is 9.55 Å². The van der Waals surface area contributed by atoms with Crippen LogP contribution in [0.25, 0.3) is 11.0 Å². The summed E-state index contributed by atoms with van der Waals surface area (Å²) in [5.74, 6) is -0.571. The molecule has 0 bridgehead atoms. The first-order chi connectivity index (χ1) is 6.61. The monoisotopic (exact) mass is 199 g/mol. The second kappa shape index (κ2) is 3.01. The summed E-state index contributed by atoms with van der Waals surface area (Å²) in [5.41, 5.74) is 0.374. The van der Waals surface area contributed by atoms with Crippen molar-refractivity contribution < 1.29 is 13.2 Å². The van der Waals surface area contributed by atoms with Crippen molar-refractivity contribution in [2.75, 3.05) is 0 Å². The molecule has 2 nitrogen and oxygen atoms in total. The number of aryl methyl sites for hydroxylation is 1. The molecule has 1 aromatic heterocycles. The maximum Gasteiger partial charge on any atom is 0.320 e. The predicted molar refractivity (Wildman–Crippen MR) is 44.5 cm³/mol. The van der Waals surface area contributed by atoms with E-state index in [-0.39, 0.29) is 11.0 Å². The van der Waals surface area contributed by atoms with Crippen molar-refractivity contribution in [3.8, 4) is 0 Å². The van der Waals surface area contributed by atoms with E-state index >= 15 is 0 Å². The highest BCUT2D eigenvalue weighted by Crippen LogP contribution is 2.22. The van der Waals surface area contributed by atoms with Crippen LogP contribution in [0.1, 0.15) is 12.1 Å². The number of nitrogens with zero attached hydrogens (tertiary/aromatic N) is 2. The molecule has 1 aromatic carbocycles. The van der Waals surface area contributed by atoms with Gasteiger partial charge in [-0.2, -0.15) is 8.78 Å². The molecule has 0 spiro atoms. The SMILES string of the molecule is Cc1ccc2c(n[c]n2C(F)F)c1F. The first-order valence-electron chi connectivity index (χ1n) is 3.94. The highest BCUT2D eigenvalue weighted by atomic mass is 19.3. The van der Waals surface area contributed by atoms with Crippen LogP contribution in [0.15, 0.2) is 12.1 Å². The fourth-order valence-electron chi connectivity index (χ4n) is 1.26. The normalized spacial score (nSPS) is 11.5. The Morgan fingerprint density at radius 3 is 2.79 bits per heavy atom. The molecule has 0 saturated heterocycles. The van der Waals surface area contributed by atoms with Gasteiger partial charge in [-0.05, 0) is 18.6 Å². The standard InChI is InChI=1S/C9H6F3N2/c1-5-2-3-6-8(7(5)10)13-4-14(6)9(11)12/h2-3,9H,1H3. The van der Waals surface area contributed by atoms with Crippen LogP contribution in [0.4, 0.5) is 13.2 Å². The Hall–Kier alpha value is -1.52. The summed E-state index contributed by atoms with van der Waals surface area (Å²) in [7, 11) is 0. The number of aromatic nitrogens is 2. The molecule has 5 heteroatoms. The number of hydrogen-bond acceptors (Lipinski definition) is 1. The molecule has 1 heterocycles. The van der Waals surface area contributed by atoms with Gasteiger partial charge in [-0.15, -0.1) is 0 Å². The van der Waals surface area contributed by atoms with Gasteiger partial charge in [0.1, 0.15) is 5.52 Å². The van der Waals surface area contributed by atoms with Crippen molar-refractivity contribution in [3.63, 3.8) is 0 Å². The van der Waals surface area contributed by atoms with Gasteiger partial charge in [-0.3, -0.25) is 4.57 Å². The van der Waals surface area contributed by atoms with Crippen LogP contribution in [0.2, 0.25) is 0 Å². The molecule has 0 saturated carbocycles.